The molecule has 0 saturated carbocycles. The van der Waals surface area contributed by atoms with E-state index in [1.807, 2.05) is 7.05 Å². The number of hydrogen-bond acceptors (Lipinski definition) is 5. The monoisotopic (exact) mass is 260 g/mol. The second-order valence-corrected chi connectivity index (χ2v) is 3.90. The maximum atomic E-state index is 4.22. The molecule has 0 bridgehead atoms. The molecule has 0 aliphatic rings. The van der Waals surface area contributed by atoms with E-state index in [2.05, 4.69) is 42.9 Å². The van der Waals surface area contributed by atoms with Crippen LogP contribution in [0.15, 0.2) is 20.8 Å². The summed E-state index contributed by atoms with van der Waals surface area (Å²) in [6.07, 6.45) is 1.60. The number of thioether (sulfide) groups is 1. The van der Waals surface area contributed by atoms with Gasteiger partial charge in [-0.05, 0) is 29.7 Å². The first-order valence-electron chi connectivity index (χ1n) is 3.54. The summed E-state index contributed by atoms with van der Waals surface area (Å²) < 4.78 is 0.707. The standard InChI is InChI=1S/C7H9BrN4S/c1-9-4-13-7-6(10-2)11-3-5(8)12-7/h3,9H,2,4H2,1H3. The molecule has 0 fully saturated rings. The van der Waals surface area contributed by atoms with Gasteiger partial charge in [0.15, 0.2) is 5.82 Å². The van der Waals surface area contributed by atoms with Gasteiger partial charge in [0, 0.05) is 5.88 Å². The highest BCUT2D eigenvalue weighted by Crippen LogP contribution is 2.25. The molecule has 1 aromatic heterocycles. The predicted octanol–water partition coefficient (Wildman–Crippen LogP) is 1.84. The highest BCUT2D eigenvalue weighted by Gasteiger charge is 2.04. The van der Waals surface area contributed by atoms with Gasteiger partial charge in [0.05, 0.1) is 6.20 Å². The zero-order valence-corrected chi connectivity index (χ0v) is 9.52. The predicted molar refractivity (Wildman–Crippen MR) is 58.7 cm³/mol. The maximum Gasteiger partial charge on any atom is 0.184 e. The zero-order chi connectivity index (χ0) is 9.68. The molecule has 0 aliphatic heterocycles. The summed E-state index contributed by atoms with van der Waals surface area (Å²) in [5.74, 6) is 1.34. The van der Waals surface area contributed by atoms with Gasteiger partial charge in [-0.1, -0.05) is 11.8 Å². The summed E-state index contributed by atoms with van der Waals surface area (Å²) >= 11 is 4.79. The van der Waals surface area contributed by atoms with E-state index in [9.17, 15) is 0 Å². The van der Waals surface area contributed by atoms with Crippen LogP contribution in [0.4, 0.5) is 5.82 Å². The van der Waals surface area contributed by atoms with Crippen molar-refractivity contribution in [3.05, 3.63) is 10.8 Å². The third kappa shape index (κ3) is 3.06. The highest BCUT2D eigenvalue weighted by molar-refractivity contribution is 9.10. The second kappa shape index (κ2) is 5.31. The minimum atomic E-state index is 0.573. The Balaban J connectivity index is 2.87. The van der Waals surface area contributed by atoms with Gasteiger partial charge in [0.1, 0.15) is 9.63 Å². The van der Waals surface area contributed by atoms with E-state index in [0.717, 1.165) is 10.9 Å². The third-order valence-electron chi connectivity index (χ3n) is 1.20. The van der Waals surface area contributed by atoms with Crippen LogP contribution in [0, 0.1) is 0 Å². The quantitative estimate of drug-likeness (QED) is 0.510. The van der Waals surface area contributed by atoms with Gasteiger partial charge in [-0.15, -0.1) is 0 Å². The molecule has 1 aromatic rings. The number of hydrogen-bond donors (Lipinski definition) is 1. The Morgan fingerprint density at radius 3 is 3.15 bits per heavy atom. The molecule has 0 aromatic carbocycles. The van der Waals surface area contributed by atoms with Crippen molar-refractivity contribution >= 4 is 40.2 Å². The van der Waals surface area contributed by atoms with Crippen LogP contribution < -0.4 is 5.32 Å². The smallest absolute Gasteiger partial charge is 0.184 e. The normalized spacial score (nSPS) is 10.0. The first kappa shape index (κ1) is 10.6. The van der Waals surface area contributed by atoms with Crippen LogP contribution in [0.2, 0.25) is 0 Å². The SMILES string of the molecule is C=Nc1ncc(Br)nc1SCNC. The average Bonchev–Trinajstić information content (AvgIpc) is 2.15. The lowest BCUT2D eigenvalue weighted by atomic mass is 10.7. The topological polar surface area (TPSA) is 50.2 Å². The lowest BCUT2D eigenvalue weighted by Crippen LogP contribution is -2.03. The van der Waals surface area contributed by atoms with E-state index < -0.39 is 0 Å². The number of halogens is 1. The molecule has 13 heavy (non-hydrogen) atoms. The van der Waals surface area contributed by atoms with Crippen LogP contribution >= 0.6 is 27.7 Å². The first-order valence-corrected chi connectivity index (χ1v) is 5.32. The van der Waals surface area contributed by atoms with Gasteiger partial charge in [0.2, 0.25) is 0 Å². The molecule has 0 amide bonds. The molecule has 0 aliphatic carbocycles. The summed E-state index contributed by atoms with van der Waals surface area (Å²) in [5, 5.41) is 3.78. The number of nitrogens with one attached hydrogen (secondary N) is 1. The summed E-state index contributed by atoms with van der Waals surface area (Å²) in [4.78, 5) is 12.1. The van der Waals surface area contributed by atoms with Crippen molar-refractivity contribution in [2.45, 2.75) is 5.03 Å². The highest BCUT2D eigenvalue weighted by atomic mass is 79.9. The Bertz CT molecular complexity index is 305. The molecule has 0 unspecified atom stereocenters. The van der Waals surface area contributed by atoms with Crippen molar-refractivity contribution in [3.8, 4) is 0 Å². The van der Waals surface area contributed by atoms with Crippen molar-refractivity contribution < 1.29 is 0 Å². The summed E-state index contributed by atoms with van der Waals surface area (Å²) in [5.41, 5.74) is 0. The fourth-order valence-corrected chi connectivity index (χ4v) is 1.78. The molecular formula is C7H9BrN4S. The van der Waals surface area contributed by atoms with Gasteiger partial charge >= 0.3 is 0 Å². The van der Waals surface area contributed by atoms with Gasteiger partial charge in [0.25, 0.3) is 0 Å². The largest absolute Gasteiger partial charge is 0.311 e. The summed E-state index contributed by atoms with van der Waals surface area (Å²) in [7, 11) is 1.87. The summed E-state index contributed by atoms with van der Waals surface area (Å²) in [6.45, 7) is 3.43. The number of nitrogens with zero attached hydrogens (tertiary/aromatic N) is 3. The van der Waals surface area contributed by atoms with Gasteiger partial charge in [-0.25, -0.2) is 15.0 Å². The van der Waals surface area contributed by atoms with Crippen molar-refractivity contribution in [3.63, 3.8) is 0 Å². The van der Waals surface area contributed by atoms with Gasteiger partial charge in [-0.3, -0.25) is 0 Å². The molecule has 1 N–H and O–H groups in total. The van der Waals surface area contributed by atoms with E-state index in [-0.39, 0.29) is 0 Å². The molecule has 0 spiro atoms. The maximum absolute atomic E-state index is 4.22. The molecule has 0 saturated heterocycles. The Kier molecular flexibility index (Phi) is 4.34. The molecule has 0 atom stereocenters. The van der Waals surface area contributed by atoms with Crippen LogP contribution in [0.1, 0.15) is 0 Å². The average molecular weight is 261 g/mol. The Hall–Kier alpha value is -0.460. The molecular weight excluding hydrogens is 252 g/mol. The van der Waals surface area contributed by atoms with Crippen molar-refractivity contribution in [1.82, 2.24) is 15.3 Å². The number of aromatic nitrogens is 2. The van der Waals surface area contributed by atoms with Crippen LogP contribution in [0.25, 0.3) is 0 Å². The molecule has 4 nitrogen and oxygen atoms in total. The van der Waals surface area contributed by atoms with E-state index >= 15 is 0 Å². The van der Waals surface area contributed by atoms with Crippen LogP contribution in [-0.2, 0) is 0 Å². The lowest BCUT2D eigenvalue weighted by molar-refractivity contribution is 0.966. The minimum Gasteiger partial charge on any atom is -0.311 e. The summed E-state index contributed by atoms with van der Waals surface area (Å²) in [6, 6.07) is 0. The van der Waals surface area contributed by atoms with E-state index in [1.165, 1.54) is 11.8 Å². The van der Waals surface area contributed by atoms with Gasteiger partial charge < -0.3 is 5.32 Å². The molecule has 70 valence electrons. The fourth-order valence-electron chi connectivity index (χ4n) is 0.691. The Labute approximate surface area is 89.4 Å². The third-order valence-corrected chi connectivity index (χ3v) is 2.56. The van der Waals surface area contributed by atoms with Crippen molar-refractivity contribution in [1.29, 1.82) is 0 Å². The zero-order valence-electron chi connectivity index (χ0n) is 7.12. The van der Waals surface area contributed by atoms with E-state index in [0.29, 0.717) is 10.4 Å². The van der Waals surface area contributed by atoms with E-state index in [1.54, 1.807) is 6.20 Å². The van der Waals surface area contributed by atoms with Crippen LogP contribution in [0.5, 0.6) is 0 Å². The van der Waals surface area contributed by atoms with Crippen LogP contribution in [0.3, 0.4) is 0 Å². The molecule has 1 heterocycles. The molecule has 0 radical (unpaired) electrons. The lowest BCUT2D eigenvalue weighted by Gasteiger charge is -2.02. The number of rotatable bonds is 4. The Morgan fingerprint density at radius 2 is 2.54 bits per heavy atom. The molecule has 1 rings (SSSR count). The number of aliphatic imine (C=N–C) groups is 1. The van der Waals surface area contributed by atoms with Crippen molar-refractivity contribution in [2.24, 2.45) is 4.99 Å². The van der Waals surface area contributed by atoms with Gasteiger partial charge in [-0.2, -0.15) is 0 Å². The fraction of sp³-hybridized carbons (Fsp3) is 0.286. The minimum absolute atomic E-state index is 0.573. The first-order chi connectivity index (χ1) is 6.27. The van der Waals surface area contributed by atoms with E-state index in [4.69, 9.17) is 0 Å². The Morgan fingerprint density at radius 1 is 1.77 bits per heavy atom. The second-order valence-electron chi connectivity index (χ2n) is 2.12. The van der Waals surface area contributed by atoms with Crippen LogP contribution in [-0.4, -0.2) is 29.6 Å². The van der Waals surface area contributed by atoms with Crippen molar-refractivity contribution in [2.75, 3.05) is 12.9 Å². The molecule has 6 heteroatoms.